The lowest BCUT2D eigenvalue weighted by molar-refractivity contribution is -0.140. The average molecular weight is 472 g/mol. The molecule has 1 N–H and O–H groups in total. The van der Waals surface area contributed by atoms with E-state index in [1.807, 2.05) is 32.0 Å². The summed E-state index contributed by atoms with van der Waals surface area (Å²) in [6, 6.07) is 5.97. The number of hydrogen-bond donors (Lipinski definition) is 1. The van der Waals surface area contributed by atoms with Crippen molar-refractivity contribution in [2.24, 2.45) is 0 Å². The molecule has 0 bridgehead atoms. The lowest BCUT2D eigenvalue weighted by atomic mass is 9.97. The third kappa shape index (κ3) is 4.45. The number of methoxy groups -OCH3 is 1. The molecule has 0 spiro atoms. The molecule has 7 nitrogen and oxygen atoms in total. The third-order valence-electron chi connectivity index (χ3n) is 5.55. The summed E-state index contributed by atoms with van der Waals surface area (Å²) in [7, 11) is 1.27. The highest BCUT2D eigenvalue weighted by molar-refractivity contribution is 7.99. The predicted octanol–water partition coefficient (Wildman–Crippen LogP) is 3.32. The number of fused-ring (bicyclic) bond motifs is 3. The number of carbonyl (C=O) groups is 2. The fourth-order valence-corrected chi connectivity index (χ4v) is 6.02. The number of amides is 1. The van der Waals surface area contributed by atoms with Gasteiger partial charge in [-0.2, -0.15) is 0 Å². The first-order chi connectivity index (χ1) is 15.4. The highest BCUT2D eigenvalue weighted by Gasteiger charge is 2.24. The fourth-order valence-electron chi connectivity index (χ4n) is 3.88. The van der Waals surface area contributed by atoms with Gasteiger partial charge in [-0.05, 0) is 62.3 Å². The van der Waals surface area contributed by atoms with Crippen LogP contribution in [0, 0.1) is 13.8 Å². The van der Waals surface area contributed by atoms with E-state index < -0.39 is 5.97 Å². The van der Waals surface area contributed by atoms with Crippen molar-refractivity contribution in [3.63, 3.8) is 0 Å². The van der Waals surface area contributed by atoms with Crippen LogP contribution in [0.15, 0.2) is 28.2 Å². The number of ether oxygens (including phenoxy) is 1. The van der Waals surface area contributed by atoms with Crippen molar-refractivity contribution in [3.8, 4) is 5.69 Å². The fraction of sp³-hybridized carbons (Fsp3) is 0.391. The Bertz CT molecular complexity index is 1260. The van der Waals surface area contributed by atoms with Gasteiger partial charge in [-0.1, -0.05) is 23.9 Å². The topological polar surface area (TPSA) is 90.3 Å². The molecule has 0 aliphatic heterocycles. The van der Waals surface area contributed by atoms with E-state index in [0.29, 0.717) is 10.5 Å². The smallest absolute Gasteiger partial charge is 0.325 e. The van der Waals surface area contributed by atoms with Gasteiger partial charge in [0, 0.05) is 4.88 Å². The zero-order valence-electron chi connectivity index (χ0n) is 18.3. The zero-order valence-corrected chi connectivity index (χ0v) is 20.0. The second-order valence-corrected chi connectivity index (χ2v) is 9.88. The number of nitrogens with one attached hydrogen (secondary N) is 1. The molecule has 0 unspecified atom stereocenters. The largest absolute Gasteiger partial charge is 0.468 e. The van der Waals surface area contributed by atoms with Crippen LogP contribution in [0.4, 0.5) is 0 Å². The molecule has 0 fully saturated rings. The molecule has 0 saturated carbocycles. The summed E-state index contributed by atoms with van der Waals surface area (Å²) >= 11 is 2.78. The summed E-state index contributed by atoms with van der Waals surface area (Å²) in [6.45, 7) is 3.76. The van der Waals surface area contributed by atoms with E-state index in [9.17, 15) is 14.4 Å². The molecule has 3 aromatic rings. The molecule has 9 heteroatoms. The van der Waals surface area contributed by atoms with Crippen LogP contribution in [0.5, 0.6) is 0 Å². The molecule has 1 aliphatic carbocycles. The first kappa shape index (κ1) is 22.5. The number of carbonyl (C=O) groups excluding carboxylic acids is 2. The van der Waals surface area contributed by atoms with Crippen molar-refractivity contribution in [2.45, 2.75) is 44.7 Å². The Labute approximate surface area is 194 Å². The quantitative estimate of drug-likeness (QED) is 0.337. The molecule has 1 aliphatic rings. The second-order valence-electron chi connectivity index (χ2n) is 7.86. The van der Waals surface area contributed by atoms with Crippen molar-refractivity contribution in [2.75, 3.05) is 19.4 Å². The summed E-state index contributed by atoms with van der Waals surface area (Å²) < 4.78 is 6.19. The van der Waals surface area contributed by atoms with Gasteiger partial charge in [-0.15, -0.1) is 11.3 Å². The molecular weight excluding hydrogens is 446 g/mol. The minimum Gasteiger partial charge on any atom is -0.468 e. The van der Waals surface area contributed by atoms with Crippen LogP contribution < -0.4 is 10.9 Å². The lowest BCUT2D eigenvalue weighted by Gasteiger charge is -2.16. The van der Waals surface area contributed by atoms with Crippen molar-refractivity contribution in [3.05, 3.63) is 50.1 Å². The van der Waals surface area contributed by atoms with Gasteiger partial charge in [-0.25, -0.2) is 4.98 Å². The molecule has 2 aromatic heterocycles. The summed E-state index contributed by atoms with van der Waals surface area (Å²) in [5.74, 6) is -0.808. The first-order valence-corrected chi connectivity index (χ1v) is 12.3. The molecule has 1 aromatic carbocycles. The Morgan fingerprint density at radius 3 is 2.81 bits per heavy atom. The number of benzene rings is 1. The Morgan fingerprint density at radius 1 is 1.25 bits per heavy atom. The lowest BCUT2D eigenvalue weighted by Crippen LogP contribution is -2.31. The molecule has 0 atom stereocenters. The van der Waals surface area contributed by atoms with Crippen LogP contribution >= 0.6 is 23.1 Å². The molecule has 168 valence electrons. The van der Waals surface area contributed by atoms with Gasteiger partial charge in [0.15, 0.2) is 5.16 Å². The highest BCUT2D eigenvalue weighted by atomic mass is 32.2. The van der Waals surface area contributed by atoms with Gasteiger partial charge >= 0.3 is 5.97 Å². The van der Waals surface area contributed by atoms with Crippen molar-refractivity contribution in [1.29, 1.82) is 0 Å². The maximum atomic E-state index is 13.8. The number of esters is 1. The van der Waals surface area contributed by atoms with E-state index >= 15 is 0 Å². The maximum Gasteiger partial charge on any atom is 0.325 e. The summed E-state index contributed by atoms with van der Waals surface area (Å²) in [6.07, 6.45) is 4.10. The maximum absolute atomic E-state index is 13.8. The number of rotatable bonds is 6. The normalized spacial score (nSPS) is 13.1. The van der Waals surface area contributed by atoms with E-state index in [2.05, 4.69) is 10.1 Å². The van der Waals surface area contributed by atoms with Crippen molar-refractivity contribution in [1.82, 2.24) is 14.9 Å². The zero-order chi connectivity index (χ0) is 22.8. The van der Waals surface area contributed by atoms with Crippen molar-refractivity contribution >= 4 is 45.2 Å². The Kier molecular flexibility index (Phi) is 6.66. The minimum absolute atomic E-state index is 0.0326. The SMILES string of the molecule is COC(=O)CNC(=O)CSc1nc2sc3c(c2c(=O)n1-c1cc(C)ccc1C)CCCC3. The number of thioether (sulfide) groups is 1. The Balaban J connectivity index is 1.78. The second kappa shape index (κ2) is 9.46. The number of thiophene rings is 1. The highest BCUT2D eigenvalue weighted by Crippen LogP contribution is 2.35. The molecule has 2 heterocycles. The number of aryl methyl sites for hydroxylation is 4. The van der Waals surface area contributed by atoms with Crippen LogP contribution in [0.3, 0.4) is 0 Å². The van der Waals surface area contributed by atoms with E-state index in [-0.39, 0.29) is 23.8 Å². The van der Waals surface area contributed by atoms with Crippen LogP contribution in [-0.4, -0.2) is 40.8 Å². The summed E-state index contributed by atoms with van der Waals surface area (Å²) in [4.78, 5) is 44.2. The predicted molar refractivity (Wildman–Crippen MR) is 127 cm³/mol. The summed E-state index contributed by atoms with van der Waals surface area (Å²) in [5.41, 5.74) is 3.83. The van der Waals surface area contributed by atoms with Gasteiger partial charge in [0.25, 0.3) is 5.56 Å². The third-order valence-corrected chi connectivity index (χ3v) is 7.68. The molecule has 0 saturated heterocycles. The van der Waals surface area contributed by atoms with E-state index in [1.54, 1.807) is 15.9 Å². The average Bonchev–Trinajstić information content (AvgIpc) is 3.16. The molecular formula is C23H25N3O4S2. The van der Waals surface area contributed by atoms with Crippen LogP contribution in [0.25, 0.3) is 15.9 Å². The van der Waals surface area contributed by atoms with Gasteiger partial charge < -0.3 is 10.1 Å². The van der Waals surface area contributed by atoms with Crippen molar-refractivity contribution < 1.29 is 14.3 Å². The Hall–Kier alpha value is -2.65. The van der Waals surface area contributed by atoms with Gasteiger partial charge in [0.1, 0.15) is 11.4 Å². The standard InChI is InChI=1S/C23H25N3O4S2/c1-13-8-9-14(2)16(10-13)26-22(29)20-15-6-4-5-7-17(15)32-21(20)25-23(26)31-12-18(27)24-11-19(28)30-3/h8-10H,4-7,11-12H2,1-3H3,(H,24,27). The van der Waals surface area contributed by atoms with Crippen LogP contribution in [0.1, 0.15) is 34.4 Å². The number of aromatic nitrogens is 2. The Morgan fingerprint density at radius 2 is 2.03 bits per heavy atom. The molecule has 4 rings (SSSR count). The van der Waals surface area contributed by atoms with Gasteiger partial charge in [-0.3, -0.25) is 19.0 Å². The van der Waals surface area contributed by atoms with Gasteiger partial charge in [0.05, 0.1) is 23.9 Å². The van der Waals surface area contributed by atoms with E-state index in [1.165, 1.54) is 23.7 Å². The van der Waals surface area contributed by atoms with E-state index in [0.717, 1.165) is 52.9 Å². The molecule has 1 amide bonds. The van der Waals surface area contributed by atoms with Crippen LogP contribution in [-0.2, 0) is 27.2 Å². The van der Waals surface area contributed by atoms with E-state index in [4.69, 9.17) is 4.98 Å². The number of hydrogen-bond acceptors (Lipinski definition) is 7. The van der Waals surface area contributed by atoms with Crippen LogP contribution in [0.2, 0.25) is 0 Å². The first-order valence-electron chi connectivity index (χ1n) is 10.5. The summed E-state index contributed by atoms with van der Waals surface area (Å²) in [5, 5.41) is 3.72. The molecule has 32 heavy (non-hydrogen) atoms. The minimum atomic E-state index is -0.514. The molecule has 0 radical (unpaired) electrons. The van der Waals surface area contributed by atoms with Gasteiger partial charge in [0.2, 0.25) is 5.91 Å². The number of nitrogens with zero attached hydrogens (tertiary/aromatic N) is 2. The monoisotopic (exact) mass is 471 g/mol.